The molecule has 5 heteroatoms. The van der Waals surface area contributed by atoms with Crippen molar-refractivity contribution in [2.24, 2.45) is 5.41 Å². The molecule has 0 aliphatic heterocycles. The van der Waals surface area contributed by atoms with Crippen LogP contribution in [-0.2, 0) is 11.3 Å². The predicted octanol–water partition coefficient (Wildman–Crippen LogP) is 0.831. The van der Waals surface area contributed by atoms with E-state index in [1.165, 1.54) is 30.7 Å². The molecule has 0 bridgehead atoms. The van der Waals surface area contributed by atoms with Gasteiger partial charge in [-0.1, -0.05) is 0 Å². The third kappa shape index (κ3) is 2.28. The second kappa shape index (κ2) is 4.19. The van der Waals surface area contributed by atoms with Gasteiger partial charge in [-0.2, -0.15) is 5.26 Å². The Balaban J connectivity index is 3.14. The molecular formula is C11H12N2O3. The maximum absolute atomic E-state index is 11.6. The highest BCUT2D eigenvalue weighted by atomic mass is 16.4. The van der Waals surface area contributed by atoms with Crippen LogP contribution in [0.4, 0.5) is 0 Å². The van der Waals surface area contributed by atoms with Gasteiger partial charge in [-0.3, -0.25) is 9.59 Å². The van der Waals surface area contributed by atoms with Gasteiger partial charge in [-0.25, -0.2) is 0 Å². The molecule has 0 saturated heterocycles. The van der Waals surface area contributed by atoms with Crippen molar-refractivity contribution in [3.05, 3.63) is 34.2 Å². The van der Waals surface area contributed by atoms with Crippen LogP contribution < -0.4 is 5.56 Å². The molecule has 84 valence electrons. The number of pyridine rings is 1. The molecule has 0 amide bonds. The van der Waals surface area contributed by atoms with E-state index in [1.807, 2.05) is 0 Å². The SMILES string of the molecule is CC(C)(Cn1cccc(C#N)c1=O)C(=O)O. The number of hydrogen-bond acceptors (Lipinski definition) is 3. The molecule has 1 N–H and O–H groups in total. The van der Waals surface area contributed by atoms with Crippen molar-refractivity contribution < 1.29 is 9.90 Å². The molecule has 0 aliphatic rings. The molecule has 1 heterocycles. The van der Waals surface area contributed by atoms with E-state index in [0.29, 0.717) is 0 Å². The van der Waals surface area contributed by atoms with Crippen LogP contribution in [0.5, 0.6) is 0 Å². The Hall–Kier alpha value is -2.09. The normalized spacial score (nSPS) is 10.8. The Bertz CT molecular complexity index is 509. The molecule has 1 rings (SSSR count). The van der Waals surface area contributed by atoms with Gasteiger partial charge >= 0.3 is 5.97 Å². The number of rotatable bonds is 3. The second-order valence-electron chi connectivity index (χ2n) is 4.16. The van der Waals surface area contributed by atoms with E-state index in [4.69, 9.17) is 10.4 Å². The Kier molecular flexibility index (Phi) is 3.14. The Morgan fingerprint density at radius 1 is 1.62 bits per heavy atom. The lowest BCUT2D eigenvalue weighted by atomic mass is 9.94. The summed E-state index contributed by atoms with van der Waals surface area (Å²) in [7, 11) is 0. The van der Waals surface area contributed by atoms with Gasteiger partial charge in [0.2, 0.25) is 0 Å². The summed E-state index contributed by atoms with van der Waals surface area (Å²) in [5.74, 6) is -0.984. The molecule has 0 spiro atoms. The summed E-state index contributed by atoms with van der Waals surface area (Å²) in [5, 5.41) is 17.6. The molecule has 0 radical (unpaired) electrons. The van der Waals surface area contributed by atoms with E-state index in [0.717, 1.165) is 0 Å². The monoisotopic (exact) mass is 220 g/mol. The first-order valence-corrected chi connectivity index (χ1v) is 4.71. The number of aliphatic carboxylic acids is 1. The molecule has 1 aromatic rings. The number of nitriles is 1. The van der Waals surface area contributed by atoms with Crippen molar-refractivity contribution >= 4 is 5.97 Å². The van der Waals surface area contributed by atoms with Crippen LogP contribution in [0.15, 0.2) is 23.1 Å². The number of aromatic nitrogens is 1. The predicted molar refractivity (Wildman–Crippen MR) is 56.8 cm³/mol. The maximum atomic E-state index is 11.6. The summed E-state index contributed by atoms with van der Waals surface area (Å²) >= 11 is 0. The number of carboxylic acid groups (broad SMARTS) is 1. The van der Waals surface area contributed by atoms with Crippen LogP contribution in [0.1, 0.15) is 19.4 Å². The van der Waals surface area contributed by atoms with Gasteiger partial charge in [0, 0.05) is 12.7 Å². The summed E-state index contributed by atoms with van der Waals surface area (Å²) in [6, 6.07) is 4.73. The molecule has 0 aromatic carbocycles. The molecule has 5 nitrogen and oxygen atoms in total. The van der Waals surface area contributed by atoms with Gasteiger partial charge in [0.05, 0.1) is 5.41 Å². The van der Waals surface area contributed by atoms with Gasteiger partial charge in [-0.05, 0) is 26.0 Å². The summed E-state index contributed by atoms with van der Waals surface area (Å²) in [6.07, 6.45) is 1.48. The fourth-order valence-electron chi connectivity index (χ4n) is 1.24. The Labute approximate surface area is 92.6 Å². The number of carbonyl (C=O) groups is 1. The zero-order valence-electron chi connectivity index (χ0n) is 9.10. The number of carboxylic acids is 1. The van der Waals surface area contributed by atoms with Crippen LogP contribution in [0, 0.1) is 16.7 Å². The smallest absolute Gasteiger partial charge is 0.310 e. The Morgan fingerprint density at radius 2 is 2.25 bits per heavy atom. The van der Waals surface area contributed by atoms with E-state index in [2.05, 4.69) is 0 Å². The van der Waals surface area contributed by atoms with E-state index < -0.39 is 16.9 Å². The highest BCUT2D eigenvalue weighted by Gasteiger charge is 2.28. The zero-order valence-corrected chi connectivity index (χ0v) is 9.10. The number of hydrogen-bond donors (Lipinski definition) is 1. The first-order chi connectivity index (χ1) is 7.38. The van der Waals surface area contributed by atoms with Crippen molar-refractivity contribution in [2.75, 3.05) is 0 Å². The minimum absolute atomic E-state index is 0.0173. The van der Waals surface area contributed by atoms with Crippen LogP contribution in [0.25, 0.3) is 0 Å². The third-order valence-corrected chi connectivity index (χ3v) is 2.29. The van der Waals surface area contributed by atoms with Gasteiger partial charge in [0.15, 0.2) is 0 Å². The van der Waals surface area contributed by atoms with Gasteiger partial charge in [-0.15, -0.1) is 0 Å². The minimum atomic E-state index is -1.04. The molecular weight excluding hydrogens is 208 g/mol. The lowest BCUT2D eigenvalue weighted by molar-refractivity contribution is -0.147. The Morgan fingerprint density at radius 3 is 2.75 bits per heavy atom. The number of nitrogens with zero attached hydrogens (tertiary/aromatic N) is 2. The van der Waals surface area contributed by atoms with Crippen LogP contribution in [0.3, 0.4) is 0 Å². The quantitative estimate of drug-likeness (QED) is 0.817. The van der Waals surface area contributed by atoms with Crippen LogP contribution in [0.2, 0.25) is 0 Å². The lowest BCUT2D eigenvalue weighted by Crippen LogP contribution is -2.34. The van der Waals surface area contributed by atoms with Gasteiger partial charge < -0.3 is 9.67 Å². The fourth-order valence-corrected chi connectivity index (χ4v) is 1.24. The maximum Gasteiger partial charge on any atom is 0.310 e. The molecule has 0 saturated carbocycles. The average molecular weight is 220 g/mol. The lowest BCUT2D eigenvalue weighted by Gasteiger charge is -2.20. The van der Waals surface area contributed by atoms with E-state index in [-0.39, 0.29) is 12.1 Å². The van der Waals surface area contributed by atoms with E-state index in [9.17, 15) is 9.59 Å². The average Bonchev–Trinajstić information content (AvgIpc) is 2.20. The summed E-state index contributed by atoms with van der Waals surface area (Å²) in [4.78, 5) is 22.6. The van der Waals surface area contributed by atoms with Crippen molar-refractivity contribution in [3.63, 3.8) is 0 Å². The van der Waals surface area contributed by atoms with Gasteiger partial charge in [0.25, 0.3) is 5.56 Å². The van der Waals surface area contributed by atoms with Crippen molar-refractivity contribution in [1.82, 2.24) is 4.57 Å². The molecule has 0 aliphatic carbocycles. The largest absolute Gasteiger partial charge is 0.481 e. The topological polar surface area (TPSA) is 83.1 Å². The van der Waals surface area contributed by atoms with Crippen molar-refractivity contribution in [1.29, 1.82) is 5.26 Å². The third-order valence-electron chi connectivity index (χ3n) is 2.29. The van der Waals surface area contributed by atoms with E-state index >= 15 is 0 Å². The first kappa shape index (κ1) is 12.0. The molecule has 0 fully saturated rings. The van der Waals surface area contributed by atoms with Gasteiger partial charge in [0.1, 0.15) is 11.6 Å². The standard InChI is InChI=1S/C11H12N2O3/c1-11(2,10(15)16)7-13-5-3-4-8(6-12)9(13)14/h3-5H,7H2,1-2H3,(H,15,16). The summed E-state index contributed by atoms with van der Waals surface area (Å²) in [6.45, 7) is 3.10. The molecule has 0 unspecified atom stereocenters. The van der Waals surface area contributed by atoms with Crippen molar-refractivity contribution in [2.45, 2.75) is 20.4 Å². The molecule has 1 aromatic heterocycles. The molecule has 0 atom stereocenters. The summed E-state index contributed by atoms with van der Waals surface area (Å²) < 4.78 is 1.24. The van der Waals surface area contributed by atoms with Crippen LogP contribution in [-0.4, -0.2) is 15.6 Å². The molecule has 16 heavy (non-hydrogen) atoms. The van der Waals surface area contributed by atoms with Crippen molar-refractivity contribution in [3.8, 4) is 6.07 Å². The minimum Gasteiger partial charge on any atom is -0.481 e. The van der Waals surface area contributed by atoms with Crippen LogP contribution >= 0.6 is 0 Å². The van der Waals surface area contributed by atoms with E-state index in [1.54, 1.807) is 12.1 Å². The first-order valence-electron chi connectivity index (χ1n) is 4.71. The fraction of sp³-hybridized carbons (Fsp3) is 0.364. The summed E-state index contributed by atoms with van der Waals surface area (Å²) in [5.41, 5.74) is -1.49. The highest BCUT2D eigenvalue weighted by molar-refractivity contribution is 5.73. The second-order valence-corrected chi connectivity index (χ2v) is 4.16. The highest BCUT2D eigenvalue weighted by Crippen LogP contribution is 2.17. The zero-order chi connectivity index (χ0) is 12.3.